The fraction of sp³-hybridized carbons (Fsp3) is 0.647. The highest BCUT2D eigenvalue weighted by Crippen LogP contribution is 2.25. The van der Waals surface area contributed by atoms with Crippen LogP contribution in [0.3, 0.4) is 0 Å². The zero-order valence-electron chi connectivity index (χ0n) is 15.5. The normalized spacial score (nSPS) is 25.3. The Hall–Kier alpha value is -1.49. The van der Waals surface area contributed by atoms with E-state index in [4.69, 9.17) is 4.74 Å². The maximum absolute atomic E-state index is 12.9. The van der Waals surface area contributed by atoms with Crippen molar-refractivity contribution < 1.29 is 22.7 Å². The number of amides is 2. The van der Waals surface area contributed by atoms with Gasteiger partial charge in [-0.1, -0.05) is 0 Å². The smallest absolute Gasteiger partial charge is 0.261 e. The Kier molecular flexibility index (Phi) is 6.19. The molecule has 1 aromatic heterocycles. The molecule has 0 bridgehead atoms. The van der Waals surface area contributed by atoms with Gasteiger partial charge in [-0.3, -0.25) is 14.5 Å². The van der Waals surface area contributed by atoms with Crippen LogP contribution >= 0.6 is 11.3 Å². The van der Waals surface area contributed by atoms with Gasteiger partial charge in [-0.25, -0.2) is 12.7 Å². The molecule has 2 fully saturated rings. The number of carbonyl (C=O) groups excluding carboxylic acids is 2. The van der Waals surface area contributed by atoms with E-state index in [1.54, 1.807) is 7.11 Å². The molecule has 27 heavy (non-hydrogen) atoms. The van der Waals surface area contributed by atoms with E-state index in [0.717, 1.165) is 9.87 Å². The highest BCUT2D eigenvalue weighted by Gasteiger charge is 2.45. The summed E-state index contributed by atoms with van der Waals surface area (Å²) in [5.74, 6) is -0.623. The summed E-state index contributed by atoms with van der Waals surface area (Å²) in [6.07, 6.45) is 0.886. The number of carbonyl (C=O) groups is 2. The largest absolute Gasteiger partial charge is 0.385 e. The third kappa shape index (κ3) is 4.34. The van der Waals surface area contributed by atoms with Crippen LogP contribution in [0.4, 0.5) is 0 Å². The summed E-state index contributed by atoms with van der Waals surface area (Å²) in [5.41, 5.74) is 0.927. The minimum atomic E-state index is -3.61. The van der Waals surface area contributed by atoms with Gasteiger partial charge in [0.2, 0.25) is 10.0 Å². The van der Waals surface area contributed by atoms with Crippen molar-refractivity contribution in [3.63, 3.8) is 0 Å². The zero-order valence-corrected chi connectivity index (χ0v) is 17.1. The van der Waals surface area contributed by atoms with Gasteiger partial charge < -0.3 is 10.1 Å². The molecular weight excluding hydrogens is 390 g/mol. The third-order valence-electron chi connectivity index (χ3n) is 5.02. The van der Waals surface area contributed by atoms with Gasteiger partial charge in [0, 0.05) is 39.4 Å². The highest BCUT2D eigenvalue weighted by atomic mass is 32.2. The van der Waals surface area contributed by atoms with Gasteiger partial charge in [0.05, 0.1) is 16.7 Å². The predicted molar refractivity (Wildman–Crippen MR) is 102 cm³/mol. The number of methoxy groups -OCH3 is 1. The fourth-order valence-electron chi connectivity index (χ4n) is 3.62. The lowest BCUT2D eigenvalue weighted by Crippen LogP contribution is -2.44. The molecule has 0 saturated carbocycles. The minimum absolute atomic E-state index is 0.0904. The average Bonchev–Trinajstić information content (AvgIpc) is 3.20. The number of ether oxygens (including phenoxy) is 1. The Morgan fingerprint density at radius 2 is 2.22 bits per heavy atom. The first kappa shape index (κ1) is 20.2. The molecular formula is C17H25N3O5S2. The van der Waals surface area contributed by atoms with Crippen LogP contribution in [0.1, 0.15) is 28.1 Å². The predicted octanol–water partition coefficient (Wildman–Crippen LogP) is 0.438. The number of rotatable bonds is 6. The van der Waals surface area contributed by atoms with Crippen molar-refractivity contribution in [2.75, 3.05) is 39.1 Å². The van der Waals surface area contributed by atoms with Gasteiger partial charge in [-0.05, 0) is 36.8 Å². The van der Waals surface area contributed by atoms with Crippen LogP contribution in [0, 0.1) is 6.92 Å². The number of aryl methyl sites for hydroxylation is 1. The molecule has 10 heteroatoms. The standard InChI is InChI=1S/C17H25N3O5S2/c1-12-4-8-26-15(12)16(21)18-13-10-14-17(22)20(5-3-7-25-2)27(23,24)9-6-19(14)11-13/h4,8,13-14H,3,5-7,9-11H2,1-2H3,(H,18,21)/t13-,14-/m0/s1. The maximum Gasteiger partial charge on any atom is 0.261 e. The van der Waals surface area contributed by atoms with Crippen LogP contribution in [0.15, 0.2) is 11.4 Å². The monoisotopic (exact) mass is 415 g/mol. The van der Waals surface area contributed by atoms with Crippen LogP contribution in [-0.4, -0.2) is 80.6 Å². The number of hydrogen-bond donors (Lipinski definition) is 1. The lowest BCUT2D eigenvalue weighted by molar-refractivity contribution is -0.130. The van der Waals surface area contributed by atoms with Crippen LogP contribution < -0.4 is 5.32 Å². The summed E-state index contributed by atoms with van der Waals surface area (Å²) in [7, 11) is -2.07. The van der Waals surface area contributed by atoms with Crippen molar-refractivity contribution in [2.24, 2.45) is 0 Å². The van der Waals surface area contributed by atoms with Crippen molar-refractivity contribution in [2.45, 2.75) is 31.8 Å². The molecule has 0 spiro atoms. The molecule has 2 aliphatic heterocycles. The lowest BCUT2D eigenvalue weighted by Gasteiger charge is -2.23. The molecule has 2 aliphatic rings. The first-order valence-corrected chi connectivity index (χ1v) is 11.4. The van der Waals surface area contributed by atoms with Crippen molar-refractivity contribution in [3.05, 3.63) is 21.9 Å². The molecule has 3 heterocycles. The number of nitrogens with zero attached hydrogens (tertiary/aromatic N) is 2. The van der Waals surface area contributed by atoms with Gasteiger partial charge in [0.15, 0.2) is 0 Å². The van der Waals surface area contributed by atoms with Crippen LogP contribution in [0.2, 0.25) is 0 Å². The molecule has 0 radical (unpaired) electrons. The van der Waals surface area contributed by atoms with Gasteiger partial charge in [0.25, 0.3) is 11.8 Å². The second kappa shape index (κ2) is 8.26. The van der Waals surface area contributed by atoms with Gasteiger partial charge in [-0.15, -0.1) is 11.3 Å². The Bertz CT molecular complexity index is 807. The number of hydrogen-bond acceptors (Lipinski definition) is 7. The Morgan fingerprint density at radius 1 is 1.44 bits per heavy atom. The number of fused-ring (bicyclic) bond motifs is 1. The molecule has 2 atom stereocenters. The summed E-state index contributed by atoms with van der Waals surface area (Å²) in [5, 5.41) is 4.87. The molecule has 0 unspecified atom stereocenters. The number of sulfonamides is 1. The van der Waals surface area contributed by atoms with E-state index in [1.807, 2.05) is 23.3 Å². The molecule has 1 aromatic rings. The second-order valence-electron chi connectivity index (χ2n) is 6.92. The third-order valence-corrected chi connectivity index (χ3v) is 7.77. The van der Waals surface area contributed by atoms with Crippen LogP contribution in [0.25, 0.3) is 0 Å². The quantitative estimate of drug-likeness (QED) is 0.678. The summed E-state index contributed by atoms with van der Waals surface area (Å²) >= 11 is 1.39. The van der Waals surface area contributed by atoms with Gasteiger partial charge >= 0.3 is 0 Å². The van der Waals surface area contributed by atoms with Crippen molar-refractivity contribution >= 4 is 33.2 Å². The highest BCUT2D eigenvalue weighted by molar-refractivity contribution is 7.89. The number of thiophene rings is 1. The van der Waals surface area contributed by atoms with Gasteiger partial charge in [-0.2, -0.15) is 0 Å². The van der Waals surface area contributed by atoms with Crippen LogP contribution in [0.5, 0.6) is 0 Å². The van der Waals surface area contributed by atoms with Crippen LogP contribution in [-0.2, 0) is 19.6 Å². The molecule has 2 amide bonds. The number of nitrogens with one attached hydrogen (secondary N) is 1. The fourth-order valence-corrected chi connectivity index (χ4v) is 5.93. The van der Waals surface area contributed by atoms with E-state index in [-0.39, 0.29) is 24.2 Å². The molecule has 0 aliphatic carbocycles. The average molecular weight is 416 g/mol. The Balaban J connectivity index is 1.69. The van der Waals surface area contributed by atoms with E-state index >= 15 is 0 Å². The van der Waals surface area contributed by atoms with Gasteiger partial charge in [0.1, 0.15) is 0 Å². The second-order valence-corrected chi connectivity index (χ2v) is 9.85. The topological polar surface area (TPSA) is 96.0 Å². The molecule has 1 N–H and O–H groups in total. The summed E-state index contributed by atoms with van der Waals surface area (Å²) in [6, 6.07) is 1.21. The van der Waals surface area contributed by atoms with E-state index < -0.39 is 22.0 Å². The zero-order chi connectivity index (χ0) is 19.6. The van der Waals surface area contributed by atoms with E-state index in [2.05, 4.69) is 5.32 Å². The van der Waals surface area contributed by atoms with E-state index in [9.17, 15) is 18.0 Å². The SMILES string of the molecule is COCCCN1C(=O)[C@@H]2C[C@H](NC(=O)c3sccc3C)CN2CCS1(=O)=O. The summed E-state index contributed by atoms with van der Waals surface area (Å²) < 4.78 is 30.9. The summed E-state index contributed by atoms with van der Waals surface area (Å²) in [6.45, 7) is 3.19. The Labute approximate surface area is 163 Å². The van der Waals surface area contributed by atoms with E-state index in [0.29, 0.717) is 37.4 Å². The molecule has 2 saturated heterocycles. The first-order valence-electron chi connectivity index (χ1n) is 8.95. The minimum Gasteiger partial charge on any atom is -0.385 e. The molecule has 150 valence electrons. The van der Waals surface area contributed by atoms with E-state index in [1.165, 1.54) is 11.3 Å². The maximum atomic E-state index is 12.9. The Morgan fingerprint density at radius 3 is 2.89 bits per heavy atom. The lowest BCUT2D eigenvalue weighted by atomic mass is 10.1. The molecule has 8 nitrogen and oxygen atoms in total. The van der Waals surface area contributed by atoms with Crippen molar-refractivity contribution in [1.82, 2.24) is 14.5 Å². The summed E-state index contributed by atoms with van der Waals surface area (Å²) in [4.78, 5) is 27.9. The van der Waals surface area contributed by atoms with Crippen molar-refractivity contribution in [1.29, 1.82) is 0 Å². The first-order chi connectivity index (χ1) is 12.8. The molecule has 3 rings (SSSR count). The molecule has 0 aromatic carbocycles. The van der Waals surface area contributed by atoms with Crippen molar-refractivity contribution in [3.8, 4) is 0 Å².